The van der Waals surface area contributed by atoms with E-state index in [2.05, 4.69) is 5.32 Å². The Morgan fingerprint density at radius 3 is 2.53 bits per heavy atom. The molecule has 0 saturated carbocycles. The van der Waals surface area contributed by atoms with E-state index in [0.29, 0.717) is 6.54 Å². The van der Waals surface area contributed by atoms with E-state index in [1.165, 1.54) is 0 Å². The number of halogens is 3. The number of ether oxygens (including phenoxy) is 1. The third kappa shape index (κ3) is 5.37. The summed E-state index contributed by atoms with van der Waals surface area (Å²) >= 11 is 0. The molecule has 0 spiro atoms. The van der Waals surface area contributed by atoms with E-state index in [9.17, 15) is 13.2 Å². The van der Waals surface area contributed by atoms with Crippen LogP contribution >= 0.6 is 0 Å². The van der Waals surface area contributed by atoms with Crippen molar-refractivity contribution >= 4 is 0 Å². The molecule has 0 radical (unpaired) electrons. The Morgan fingerprint density at radius 1 is 1.40 bits per heavy atom. The van der Waals surface area contributed by atoms with Crippen molar-refractivity contribution in [2.45, 2.75) is 51.0 Å². The lowest BCUT2D eigenvalue weighted by Crippen LogP contribution is -2.31. The first-order valence-corrected chi connectivity index (χ1v) is 5.24. The maximum Gasteiger partial charge on any atom is 0.390 e. The predicted molar refractivity (Wildman–Crippen MR) is 51.7 cm³/mol. The SMILES string of the molecule is CC1(C)CCC(CNCCC(F)(F)F)O1. The van der Waals surface area contributed by atoms with Crippen LogP contribution in [0.1, 0.15) is 33.1 Å². The van der Waals surface area contributed by atoms with Crippen molar-refractivity contribution in [1.29, 1.82) is 0 Å². The molecule has 0 amide bonds. The van der Waals surface area contributed by atoms with Crippen molar-refractivity contribution < 1.29 is 17.9 Å². The highest BCUT2D eigenvalue weighted by Gasteiger charge is 2.31. The van der Waals surface area contributed by atoms with Gasteiger partial charge in [-0.15, -0.1) is 0 Å². The average Bonchev–Trinajstić information content (AvgIpc) is 2.38. The highest BCUT2D eigenvalue weighted by Crippen LogP contribution is 2.28. The summed E-state index contributed by atoms with van der Waals surface area (Å²) in [4.78, 5) is 0. The van der Waals surface area contributed by atoms with Gasteiger partial charge in [0, 0.05) is 13.1 Å². The maximum absolute atomic E-state index is 11.8. The highest BCUT2D eigenvalue weighted by molar-refractivity contribution is 4.81. The Bertz CT molecular complexity index is 203. The minimum atomic E-state index is -4.07. The Kier molecular flexibility index (Phi) is 4.00. The van der Waals surface area contributed by atoms with Crippen LogP contribution in [0, 0.1) is 0 Å². The van der Waals surface area contributed by atoms with Gasteiger partial charge >= 0.3 is 6.18 Å². The topological polar surface area (TPSA) is 21.3 Å². The van der Waals surface area contributed by atoms with Crippen molar-refractivity contribution in [3.63, 3.8) is 0 Å². The molecule has 1 saturated heterocycles. The van der Waals surface area contributed by atoms with Crippen LogP contribution < -0.4 is 5.32 Å². The van der Waals surface area contributed by atoms with Gasteiger partial charge in [0.2, 0.25) is 0 Å². The molecule has 1 heterocycles. The Morgan fingerprint density at radius 2 is 2.07 bits per heavy atom. The van der Waals surface area contributed by atoms with Crippen LogP contribution in [0.15, 0.2) is 0 Å². The highest BCUT2D eigenvalue weighted by atomic mass is 19.4. The molecule has 1 atom stereocenters. The molecule has 15 heavy (non-hydrogen) atoms. The van der Waals surface area contributed by atoms with E-state index in [0.717, 1.165) is 12.8 Å². The van der Waals surface area contributed by atoms with Crippen LogP contribution in [0.25, 0.3) is 0 Å². The zero-order valence-electron chi connectivity index (χ0n) is 9.16. The first-order chi connectivity index (χ1) is 6.79. The minimum absolute atomic E-state index is 0.0240. The number of hydrogen-bond acceptors (Lipinski definition) is 2. The van der Waals surface area contributed by atoms with Gasteiger partial charge in [-0.1, -0.05) is 0 Å². The van der Waals surface area contributed by atoms with E-state index >= 15 is 0 Å². The molecule has 1 aliphatic rings. The molecule has 90 valence electrons. The van der Waals surface area contributed by atoms with Crippen LogP contribution in [-0.4, -0.2) is 31.0 Å². The van der Waals surface area contributed by atoms with Crippen LogP contribution in [0.4, 0.5) is 13.2 Å². The van der Waals surface area contributed by atoms with Crippen molar-refractivity contribution in [1.82, 2.24) is 5.32 Å². The van der Waals surface area contributed by atoms with E-state index in [4.69, 9.17) is 4.74 Å². The Balaban J connectivity index is 2.07. The normalized spacial score (nSPS) is 25.8. The lowest BCUT2D eigenvalue weighted by atomic mass is 10.1. The van der Waals surface area contributed by atoms with Gasteiger partial charge in [0.15, 0.2) is 0 Å². The van der Waals surface area contributed by atoms with Crippen LogP contribution in [0.2, 0.25) is 0 Å². The summed E-state index contributed by atoms with van der Waals surface area (Å²) in [6.07, 6.45) is -2.88. The zero-order chi connectivity index (χ0) is 11.5. The lowest BCUT2D eigenvalue weighted by Gasteiger charge is -2.19. The molecule has 1 fully saturated rings. The fourth-order valence-corrected chi connectivity index (χ4v) is 1.71. The molecule has 1 aliphatic heterocycles. The van der Waals surface area contributed by atoms with Gasteiger partial charge in [-0.25, -0.2) is 0 Å². The third-order valence-electron chi connectivity index (χ3n) is 2.51. The van der Waals surface area contributed by atoms with Crippen LogP contribution in [0.5, 0.6) is 0 Å². The summed E-state index contributed by atoms with van der Waals surface area (Å²) in [5, 5.41) is 2.78. The van der Waals surface area contributed by atoms with E-state index in [1.54, 1.807) is 0 Å². The lowest BCUT2D eigenvalue weighted by molar-refractivity contribution is -0.133. The van der Waals surface area contributed by atoms with Gasteiger partial charge in [0.1, 0.15) is 0 Å². The van der Waals surface area contributed by atoms with E-state index in [-0.39, 0.29) is 18.2 Å². The summed E-state index contributed by atoms with van der Waals surface area (Å²) < 4.78 is 41.1. The number of hydrogen-bond donors (Lipinski definition) is 1. The summed E-state index contributed by atoms with van der Waals surface area (Å²) in [5.41, 5.74) is -0.115. The monoisotopic (exact) mass is 225 g/mol. The molecule has 2 nitrogen and oxygen atoms in total. The molecule has 5 heteroatoms. The van der Waals surface area contributed by atoms with E-state index in [1.807, 2.05) is 13.8 Å². The summed E-state index contributed by atoms with van der Waals surface area (Å²) in [6, 6.07) is 0. The first-order valence-electron chi connectivity index (χ1n) is 5.24. The second kappa shape index (κ2) is 4.70. The standard InChI is InChI=1S/C10H18F3NO/c1-9(2)4-3-8(15-9)7-14-6-5-10(11,12)13/h8,14H,3-7H2,1-2H3. The largest absolute Gasteiger partial charge is 0.390 e. The molecule has 0 aromatic carbocycles. The summed E-state index contributed by atoms with van der Waals surface area (Å²) in [7, 11) is 0. The fraction of sp³-hybridized carbons (Fsp3) is 1.00. The van der Waals surface area contributed by atoms with Gasteiger partial charge in [0.05, 0.1) is 18.1 Å². The predicted octanol–water partition coefficient (Wildman–Crippen LogP) is 2.49. The fourth-order valence-electron chi connectivity index (χ4n) is 1.71. The minimum Gasteiger partial charge on any atom is -0.371 e. The number of alkyl halides is 3. The second-order valence-corrected chi connectivity index (χ2v) is 4.61. The summed E-state index contributed by atoms with van der Waals surface area (Å²) in [6.45, 7) is 4.49. The van der Waals surface area contributed by atoms with E-state index < -0.39 is 12.6 Å². The molecule has 1 unspecified atom stereocenters. The van der Waals surface area contributed by atoms with Crippen molar-refractivity contribution in [2.75, 3.05) is 13.1 Å². The molecule has 1 N–H and O–H groups in total. The van der Waals surface area contributed by atoms with Crippen molar-refractivity contribution in [2.24, 2.45) is 0 Å². The molecule has 0 aromatic rings. The molecule has 0 aromatic heterocycles. The maximum atomic E-state index is 11.8. The Hall–Kier alpha value is -0.290. The number of rotatable bonds is 4. The molecular weight excluding hydrogens is 207 g/mol. The molecule has 0 bridgehead atoms. The van der Waals surface area contributed by atoms with Gasteiger partial charge in [0.25, 0.3) is 0 Å². The first kappa shape index (κ1) is 12.8. The van der Waals surface area contributed by atoms with Gasteiger partial charge < -0.3 is 10.1 Å². The second-order valence-electron chi connectivity index (χ2n) is 4.61. The van der Waals surface area contributed by atoms with Gasteiger partial charge in [-0.05, 0) is 26.7 Å². The average molecular weight is 225 g/mol. The van der Waals surface area contributed by atoms with Gasteiger partial charge in [-0.2, -0.15) is 13.2 Å². The van der Waals surface area contributed by atoms with Crippen LogP contribution in [-0.2, 0) is 4.74 Å². The van der Waals surface area contributed by atoms with Crippen molar-refractivity contribution in [3.05, 3.63) is 0 Å². The molecule has 0 aliphatic carbocycles. The van der Waals surface area contributed by atoms with Gasteiger partial charge in [-0.3, -0.25) is 0 Å². The van der Waals surface area contributed by atoms with Crippen molar-refractivity contribution in [3.8, 4) is 0 Å². The zero-order valence-corrected chi connectivity index (χ0v) is 9.16. The quantitative estimate of drug-likeness (QED) is 0.742. The molecular formula is C10H18F3NO. The Labute approximate surface area is 88.2 Å². The molecule has 1 rings (SSSR count). The van der Waals surface area contributed by atoms with Crippen LogP contribution in [0.3, 0.4) is 0 Å². The summed E-state index contributed by atoms with van der Waals surface area (Å²) in [5.74, 6) is 0. The number of nitrogens with one attached hydrogen (secondary N) is 1. The smallest absolute Gasteiger partial charge is 0.371 e. The third-order valence-corrected chi connectivity index (χ3v) is 2.51.